The number of carbonyl (C=O) groups is 1. The Balaban J connectivity index is 1.60. The van der Waals surface area contributed by atoms with Crippen molar-refractivity contribution in [2.45, 2.75) is 39.3 Å². The molecule has 8 nitrogen and oxygen atoms in total. The van der Waals surface area contributed by atoms with Crippen LogP contribution in [0.15, 0.2) is 18.3 Å². The van der Waals surface area contributed by atoms with Crippen molar-refractivity contribution < 1.29 is 9.53 Å². The molecule has 1 aliphatic rings. The van der Waals surface area contributed by atoms with Crippen LogP contribution in [-0.2, 0) is 18.3 Å². The SMILES string of the molecule is CCn1nccc1[C@@H]1OCCC[C@H]1CNC(=O)Nc1cc(C)nn1C. The van der Waals surface area contributed by atoms with E-state index in [0.717, 1.165) is 37.4 Å². The Bertz CT molecular complexity index is 723. The highest BCUT2D eigenvalue weighted by Gasteiger charge is 2.30. The summed E-state index contributed by atoms with van der Waals surface area (Å²) in [6.45, 7) is 6.07. The van der Waals surface area contributed by atoms with E-state index in [-0.39, 0.29) is 18.1 Å². The first-order valence-corrected chi connectivity index (χ1v) is 8.77. The Morgan fingerprint density at radius 3 is 3.04 bits per heavy atom. The molecule has 25 heavy (non-hydrogen) atoms. The van der Waals surface area contributed by atoms with Gasteiger partial charge in [0.1, 0.15) is 11.9 Å². The summed E-state index contributed by atoms with van der Waals surface area (Å²) in [6.07, 6.45) is 3.80. The number of aromatic nitrogens is 4. The normalized spacial score (nSPS) is 20.4. The minimum Gasteiger partial charge on any atom is -0.372 e. The van der Waals surface area contributed by atoms with Gasteiger partial charge in [-0.05, 0) is 32.8 Å². The lowest BCUT2D eigenvalue weighted by atomic mass is 9.92. The molecular weight excluding hydrogens is 320 g/mol. The Kier molecular flexibility index (Phi) is 5.37. The maximum atomic E-state index is 12.2. The smallest absolute Gasteiger partial charge is 0.320 e. The van der Waals surface area contributed by atoms with E-state index in [1.165, 1.54) is 0 Å². The first-order chi connectivity index (χ1) is 12.1. The Labute approximate surface area is 147 Å². The predicted molar refractivity (Wildman–Crippen MR) is 94.3 cm³/mol. The van der Waals surface area contributed by atoms with Gasteiger partial charge in [-0.1, -0.05) is 0 Å². The van der Waals surface area contributed by atoms with Gasteiger partial charge in [-0.15, -0.1) is 0 Å². The van der Waals surface area contributed by atoms with Crippen LogP contribution in [0, 0.1) is 12.8 Å². The van der Waals surface area contributed by atoms with Gasteiger partial charge in [-0.3, -0.25) is 14.7 Å². The average Bonchev–Trinajstić information content (AvgIpc) is 3.19. The summed E-state index contributed by atoms with van der Waals surface area (Å²) in [5.41, 5.74) is 1.95. The lowest BCUT2D eigenvalue weighted by molar-refractivity contribution is -0.0317. The van der Waals surface area contributed by atoms with Crippen molar-refractivity contribution in [1.29, 1.82) is 0 Å². The third-order valence-corrected chi connectivity index (χ3v) is 4.55. The summed E-state index contributed by atoms with van der Waals surface area (Å²) >= 11 is 0. The van der Waals surface area contributed by atoms with Gasteiger partial charge in [-0.25, -0.2) is 4.79 Å². The molecule has 1 saturated heterocycles. The molecule has 2 N–H and O–H groups in total. The summed E-state index contributed by atoms with van der Waals surface area (Å²) in [5, 5.41) is 14.4. The summed E-state index contributed by atoms with van der Waals surface area (Å²) < 4.78 is 9.62. The van der Waals surface area contributed by atoms with E-state index in [1.807, 2.05) is 23.7 Å². The van der Waals surface area contributed by atoms with Crippen LogP contribution in [0.4, 0.5) is 10.6 Å². The third-order valence-electron chi connectivity index (χ3n) is 4.55. The average molecular weight is 346 g/mol. The molecule has 0 radical (unpaired) electrons. The molecule has 3 rings (SSSR count). The number of aryl methyl sites for hydroxylation is 3. The summed E-state index contributed by atoms with van der Waals surface area (Å²) in [6, 6.07) is 3.62. The number of nitrogens with one attached hydrogen (secondary N) is 2. The van der Waals surface area contributed by atoms with Gasteiger partial charge in [0.2, 0.25) is 0 Å². The minimum atomic E-state index is -0.226. The number of rotatable bonds is 5. The molecule has 0 saturated carbocycles. The molecule has 0 spiro atoms. The van der Waals surface area contributed by atoms with Crippen molar-refractivity contribution in [3.05, 3.63) is 29.7 Å². The summed E-state index contributed by atoms with van der Waals surface area (Å²) in [4.78, 5) is 12.2. The van der Waals surface area contributed by atoms with Gasteiger partial charge in [0.15, 0.2) is 0 Å². The van der Waals surface area contributed by atoms with Gasteiger partial charge in [0.05, 0.1) is 11.4 Å². The van der Waals surface area contributed by atoms with E-state index >= 15 is 0 Å². The van der Waals surface area contributed by atoms with E-state index in [0.29, 0.717) is 12.4 Å². The van der Waals surface area contributed by atoms with Crippen molar-refractivity contribution in [2.24, 2.45) is 13.0 Å². The van der Waals surface area contributed by atoms with E-state index in [9.17, 15) is 4.79 Å². The second-order valence-corrected chi connectivity index (χ2v) is 6.40. The molecule has 1 aliphatic heterocycles. The molecule has 0 aromatic carbocycles. The molecule has 136 valence electrons. The number of hydrogen-bond donors (Lipinski definition) is 2. The van der Waals surface area contributed by atoms with Crippen molar-refractivity contribution >= 4 is 11.8 Å². The Hall–Kier alpha value is -2.35. The second-order valence-electron chi connectivity index (χ2n) is 6.40. The standard InChI is InChI=1S/C17H26N6O2/c1-4-23-14(7-8-19-23)16-13(6-5-9-25-16)11-18-17(24)20-15-10-12(2)21-22(15)3/h7-8,10,13,16H,4-6,9,11H2,1-3H3,(H2,18,20,24)/t13-,16+/m0/s1. The van der Waals surface area contributed by atoms with Crippen LogP contribution in [0.25, 0.3) is 0 Å². The molecule has 0 aliphatic carbocycles. The third kappa shape index (κ3) is 4.01. The van der Waals surface area contributed by atoms with Crippen LogP contribution in [0.1, 0.15) is 37.3 Å². The number of amides is 2. The molecule has 3 heterocycles. The molecule has 0 unspecified atom stereocenters. The lowest BCUT2D eigenvalue weighted by Crippen LogP contribution is -2.38. The molecule has 1 fully saturated rings. The van der Waals surface area contributed by atoms with E-state index in [4.69, 9.17) is 4.74 Å². The van der Waals surface area contributed by atoms with Gasteiger partial charge >= 0.3 is 6.03 Å². The minimum absolute atomic E-state index is 0.0320. The zero-order valence-corrected chi connectivity index (χ0v) is 15.0. The first-order valence-electron chi connectivity index (χ1n) is 8.77. The number of anilines is 1. The fraction of sp³-hybridized carbons (Fsp3) is 0.588. The van der Waals surface area contributed by atoms with Gasteiger partial charge in [0.25, 0.3) is 0 Å². The first kappa shape index (κ1) is 17.5. The quantitative estimate of drug-likeness (QED) is 0.869. The van der Waals surface area contributed by atoms with Crippen LogP contribution in [-0.4, -0.2) is 38.7 Å². The van der Waals surface area contributed by atoms with E-state index in [1.54, 1.807) is 17.9 Å². The number of ether oxygens (including phenoxy) is 1. The summed E-state index contributed by atoms with van der Waals surface area (Å²) in [5.74, 6) is 0.908. The van der Waals surface area contributed by atoms with Gasteiger partial charge in [0, 0.05) is 44.9 Å². The summed E-state index contributed by atoms with van der Waals surface area (Å²) in [7, 11) is 1.81. The molecule has 2 amide bonds. The number of urea groups is 1. The highest BCUT2D eigenvalue weighted by molar-refractivity contribution is 5.88. The molecule has 2 aromatic heterocycles. The monoisotopic (exact) mass is 346 g/mol. The van der Waals surface area contributed by atoms with Gasteiger partial charge in [-0.2, -0.15) is 10.2 Å². The zero-order chi connectivity index (χ0) is 17.8. The van der Waals surface area contributed by atoms with E-state index in [2.05, 4.69) is 27.8 Å². The van der Waals surface area contributed by atoms with Crippen molar-refractivity contribution in [1.82, 2.24) is 24.9 Å². The van der Waals surface area contributed by atoms with Crippen LogP contribution in [0.2, 0.25) is 0 Å². The van der Waals surface area contributed by atoms with Gasteiger partial charge < -0.3 is 10.1 Å². The van der Waals surface area contributed by atoms with Crippen LogP contribution >= 0.6 is 0 Å². The maximum Gasteiger partial charge on any atom is 0.320 e. The highest BCUT2D eigenvalue weighted by atomic mass is 16.5. The molecule has 0 bridgehead atoms. The van der Waals surface area contributed by atoms with Crippen molar-refractivity contribution in [2.75, 3.05) is 18.5 Å². The van der Waals surface area contributed by atoms with Crippen LogP contribution < -0.4 is 10.6 Å². The zero-order valence-electron chi connectivity index (χ0n) is 15.0. The van der Waals surface area contributed by atoms with Crippen molar-refractivity contribution in [3.63, 3.8) is 0 Å². The largest absolute Gasteiger partial charge is 0.372 e. The fourth-order valence-electron chi connectivity index (χ4n) is 3.34. The molecule has 2 atom stereocenters. The number of carbonyl (C=O) groups excluding carboxylic acids is 1. The second kappa shape index (κ2) is 7.69. The Morgan fingerprint density at radius 2 is 2.32 bits per heavy atom. The topological polar surface area (TPSA) is 86.0 Å². The molecule has 8 heteroatoms. The number of hydrogen-bond acceptors (Lipinski definition) is 4. The maximum absolute atomic E-state index is 12.2. The van der Waals surface area contributed by atoms with Crippen molar-refractivity contribution in [3.8, 4) is 0 Å². The molecule has 2 aromatic rings. The van der Waals surface area contributed by atoms with E-state index < -0.39 is 0 Å². The highest BCUT2D eigenvalue weighted by Crippen LogP contribution is 2.33. The van der Waals surface area contributed by atoms with Crippen LogP contribution in [0.5, 0.6) is 0 Å². The number of nitrogens with zero attached hydrogens (tertiary/aromatic N) is 4. The predicted octanol–water partition coefficient (Wildman–Crippen LogP) is 2.23. The fourth-order valence-corrected chi connectivity index (χ4v) is 3.34. The molecular formula is C17H26N6O2. The van der Waals surface area contributed by atoms with Crippen LogP contribution in [0.3, 0.4) is 0 Å². The lowest BCUT2D eigenvalue weighted by Gasteiger charge is -2.32. The Morgan fingerprint density at radius 1 is 1.48 bits per heavy atom.